The molecule has 0 radical (unpaired) electrons. The summed E-state index contributed by atoms with van der Waals surface area (Å²) in [5.41, 5.74) is 1.75. The van der Waals surface area contributed by atoms with Gasteiger partial charge in [0, 0.05) is 11.3 Å². The SMILES string of the molecule is CC(=N)C(C=O)=C(C)C. The Bertz CT molecular complexity index is 164. The van der Waals surface area contributed by atoms with Crippen molar-refractivity contribution in [3.63, 3.8) is 0 Å². The van der Waals surface area contributed by atoms with E-state index in [-0.39, 0.29) is 0 Å². The van der Waals surface area contributed by atoms with Crippen LogP contribution in [0.5, 0.6) is 0 Å². The van der Waals surface area contributed by atoms with Crippen molar-refractivity contribution in [2.75, 3.05) is 0 Å². The van der Waals surface area contributed by atoms with Crippen LogP contribution in [0.3, 0.4) is 0 Å². The third-order valence-electron chi connectivity index (χ3n) is 1.06. The smallest absolute Gasteiger partial charge is 0.151 e. The van der Waals surface area contributed by atoms with Crippen LogP contribution in [0.25, 0.3) is 0 Å². The topological polar surface area (TPSA) is 40.9 Å². The van der Waals surface area contributed by atoms with Gasteiger partial charge in [-0.25, -0.2) is 0 Å². The monoisotopic (exact) mass is 125 g/mol. The van der Waals surface area contributed by atoms with Crippen molar-refractivity contribution in [2.24, 2.45) is 0 Å². The molecule has 0 rings (SSSR count). The summed E-state index contributed by atoms with van der Waals surface area (Å²) >= 11 is 0. The fourth-order valence-corrected chi connectivity index (χ4v) is 0.581. The summed E-state index contributed by atoms with van der Waals surface area (Å²) in [6.07, 6.45) is 0.720. The fraction of sp³-hybridized carbons (Fsp3) is 0.429. The van der Waals surface area contributed by atoms with Crippen molar-refractivity contribution >= 4 is 12.0 Å². The van der Waals surface area contributed by atoms with Crippen LogP contribution in [0.4, 0.5) is 0 Å². The van der Waals surface area contributed by atoms with Gasteiger partial charge in [-0.15, -0.1) is 0 Å². The molecule has 0 amide bonds. The van der Waals surface area contributed by atoms with E-state index in [9.17, 15) is 4.79 Å². The zero-order chi connectivity index (χ0) is 7.44. The van der Waals surface area contributed by atoms with Gasteiger partial charge in [-0.2, -0.15) is 0 Å². The first-order chi connectivity index (χ1) is 4.09. The van der Waals surface area contributed by atoms with Crippen LogP contribution in [-0.4, -0.2) is 12.0 Å². The Labute approximate surface area is 55.1 Å². The molecule has 2 nitrogen and oxygen atoms in total. The van der Waals surface area contributed by atoms with E-state index < -0.39 is 0 Å². The molecule has 50 valence electrons. The molecule has 1 N–H and O–H groups in total. The number of rotatable bonds is 2. The predicted octanol–water partition coefficient (Wildman–Crippen LogP) is 1.56. The van der Waals surface area contributed by atoms with E-state index >= 15 is 0 Å². The maximum absolute atomic E-state index is 10.2. The molecule has 9 heavy (non-hydrogen) atoms. The second-order valence-electron chi connectivity index (χ2n) is 2.16. The molecule has 0 spiro atoms. The number of nitrogens with one attached hydrogen (secondary N) is 1. The Morgan fingerprint density at radius 3 is 1.78 bits per heavy atom. The van der Waals surface area contributed by atoms with Crippen LogP contribution in [0.1, 0.15) is 20.8 Å². The van der Waals surface area contributed by atoms with Gasteiger partial charge < -0.3 is 5.41 Å². The summed E-state index contributed by atoms with van der Waals surface area (Å²) in [4.78, 5) is 10.2. The summed E-state index contributed by atoms with van der Waals surface area (Å²) in [6, 6.07) is 0. The molecular weight excluding hydrogens is 114 g/mol. The number of carbonyl (C=O) groups is 1. The Kier molecular flexibility index (Phi) is 2.85. The molecule has 0 aliphatic carbocycles. The zero-order valence-electron chi connectivity index (χ0n) is 5.99. The minimum Gasteiger partial charge on any atom is -0.305 e. The molecule has 2 heteroatoms. The molecule has 0 bridgehead atoms. The number of aldehydes is 1. The van der Waals surface area contributed by atoms with Crippen molar-refractivity contribution in [1.29, 1.82) is 5.41 Å². The van der Waals surface area contributed by atoms with Crippen LogP contribution < -0.4 is 0 Å². The molecule has 0 fully saturated rings. The fourth-order valence-electron chi connectivity index (χ4n) is 0.581. The highest BCUT2D eigenvalue weighted by Crippen LogP contribution is 2.00. The van der Waals surface area contributed by atoms with Gasteiger partial charge in [-0.1, -0.05) is 5.57 Å². The highest BCUT2D eigenvalue weighted by molar-refractivity contribution is 6.12. The van der Waals surface area contributed by atoms with Crippen molar-refractivity contribution in [2.45, 2.75) is 20.8 Å². The van der Waals surface area contributed by atoms with E-state index in [0.717, 1.165) is 11.9 Å². The van der Waals surface area contributed by atoms with E-state index in [1.54, 1.807) is 6.92 Å². The van der Waals surface area contributed by atoms with Gasteiger partial charge >= 0.3 is 0 Å². The van der Waals surface area contributed by atoms with E-state index in [1.165, 1.54) is 0 Å². The number of allylic oxidation sites excluding steroid dienone is 2. The zero-order valence-corrected chi connectivity index (χ0v) is 5.99. The molecule has 0 unspecified atom stereocenters. The van der Waals surface area contributed by atoms with E-state index in [0.29, 0.717) is 11.3 Å². The summed E-state index contributed by atoms with van der Waals surface area (Å²) in [5.74, 6) is 0. The van der Waals surface area contributed by atoms with Gasteiger partial charge in [0.05, 0.1) is 0 Å². The van der Waals surface area contributed by atoms with E-state index in [2.05, 4.69) is 0 Å². The van der Waals surface area contributed by atoms with E-state index in [1.807, 2.05) is 13.8 Å². The lowest BCUT2D eigenvalue weighted by molar-refractivity contribution is -0.104. The molecule has 0 saturated carbocycles. The molecule has 0 atom stereocenters. The van der Waals surface area contributed by atoms with Gasteiger partial charge in [-0.05, 0) is 20.8 Å². The molecule has 0 aliphatic heterocycles. The number of carbonyl (C=O) groups excluding carboxylic acids is 1. The van der Waals surface area contributed by atoms with Crippen molar-refractivity contribution < 1.29 is 4.79 Å². The first kappa shape index (κ1) is 8.08. The standard InChI is InChI=1S/C7H11NO/c1-5(2)7(4-9)6(3)8/h4,8H,1-3H3. The molecule has 0 saturated heterocycles. The lowest BCUT2D eigenvalue weighted by Crippen LogP contribution is -1.98. The van der Waals surface area contributed by atoms with Crippen LogP contribution >= 0.6 is 0 Å². The second kappa shape index (κ2) is 3.17. The third kappa shape index (κ3) is 2.22. The summed E-state index contributed by atoms with van der Waals surface area (Å²) < 4.78 is 0. The average Bonchev–Trinajstić information content (AvgIpc) is 1.64. The van der Waals surface area contributed by atoms with Crippen molar-refractivity contribution in [3.8, 4) is 0 Å². The quantitative estimate of drug-likeness (QED) is 0.339. The number of hydrogen-bond donors (Lipinski definition) is 1. The second-order valence-corrected chi connectivity index (χ2v) is 2.16. The molecule has 0 aromatic rings. The molecule has 0 aromatic carbocycles. The lowest BCUT2D eigenvalue weighted by Gasteiger charge is -1.96. The van der Waals surface area contributed by atoms with Crippen LogP contribution in [0, 0.1) is 5.41 Å². The van der Waals surface area contributed by atoms with Crippen LogP contribution in [-0.2, 0) is 4.79 Å². The van der Waals surface area contributed by atoms with Crippen LogP contribution in [0.2, 0.25) is 0 Å². The summed E-state index contributed by atoms with van der Waals surface area (Å²) in [7, 11) is 0. The Hall–Kier alpha value is -0.920. The Morgan fingerprint density at radius 2 is 1.78 bits per heavy atom. The summed E-state index contributed by atoms with van der Waals surface area (Å²) in [5, 5.41) is 7.09. The molecule has 0 heterocycles. The van der Waals surface area contributed by atoms with Gasteiger partial charge in [-0.3, -0.25) is 4.79 Å². The highest BCUT2D eigenvalue weighted by atomic mass is 16.1. The predicted molar refractivity (Wildman–Crippen MR) is 37.8 cm³/mol. The average molecular weight is 125 g/mol. The Balaban J connectivity index is 4.55. The highest BCUT2D eigenvalue weighted by Gasteiger charge is 1.97. The van der Waals surface area contributed by atoms with Crippen molar-refractivity contribution in [3.05, 3.63) is 11.1 Å². The normalized spacial score (nSPS) is 8.33. The first-order valence-corrected chi connectivity index (χ1v) is 2.77. The minimum atomic E-state index is 0.338. The summed E-state index contributed by atoms with van der Waals surface area (Å²) in [6.45, 7) is 5.25. The van der Waals surface area contributed by atoms with E-state index in [4.69, 9.17) is 5.41 Å². The lowest BCUT2D eigenvalue weighted by atomic mass is 10.1. The maximum atomic E-state index is 10.2. The minimum absolute atomic E-state index is 0.338. The molecular formula is C7H11NO. The van der Waals surface area contributed by atoms with Gasteiger partial charge in [0.15, 0.2) is 6.29 Å². The van der Waals surface area contributed by atoms with Crippen molar-refractivity contribution in [1.82, 2.24) is 0 Å². The van der Waals surface area contributed by atoms with Gasteiger partial charge in [0.1, 0.15) is 0 Å². The Morgan fingerprint density at radius 1 is 1.33 bits per heavy atom. The van der Waals surface area contributed by atoms with Gasteiger partial charge in [0.2, 0.25) is 0 Å². The largest absolute Gasteiger partial charge is 0.305 e. The van der Waals surface area contributed by atoms with Crippen LogP contribution in [0.15, 0.2) is 11.1 Å². The maximum Gasteiger partial charge on any atom is 0.151 e. The first-order valence-electron chi connectivity index (χ1n) is 2.77. The molecule has 0 aromatic heterocycles. The third-order valence-corrected chi connectivity index (χ3v) is 1.06. The number of hydrogen-bond acceptors (Lipinski definition) is 2. The molecule has 0 aliphatic rings. The van der Waals surface area contributed by atoms with Gasteiger partial charge in [0.25, 0.3) is 0 Å².